The van der Waals surface area contributed by atoms with Crippen LogP contribution in [0.2, 0.25) is 5.02 Å². The predicted molar refractivity (Wildman–Crippen MR) is 96.2 cm³/mol. The van der Waals surface area contributed by atoms with E-state index in [1.54, 1.807) is 12.1 Å². The van der Waals surface area contributed by atoms with Gasteiger partial charge in [-0.2, -0.15) is 0 Å². The van der Waals surface area contributed by atoms with E-state index < -0.39 is 5.82 Å². The highest BCUT2D eigenvalue weighted by atomic mass is 35.5. The molecule has 0 bridgehead atoms. The van der Waals surface area contributed by atoms with Crippen molar-refractivity contribution in [2.45, 2.75) is 40.5 Å². The molecule has 0 aliphatic carbocycles. The molecular formula is C19H23ClFNO. The summed E-state index contributed by atoms with van der Waals surface area (Å²) in [6, 6.07) is 10.2. The smallest absolute Gasteiger partial charge is 0.148 e. The number of carbonyl (C=O) groups is 1. The molecule has 2 aromatic carbocycles. The Bertz CT molecular complexity index is 650. The minimum absolute atomic E-state index is 0.0540. The van der Waals surface area contributed by atoms with Gasteiger partial charge in [0, 0.05) is 12.1 Å². The van der Waals surface area contributed by atoms with Gasteiger partial charge < -0.3 is 5.32 Å². The maximum absolute atomic E-state index is 13.8. The van der Waals surface area contributed by atoms with Gasteiger partial charge in [-0.05, 0) is 37.6 Å². The van der Waals surface area contributed by atoms with E-state index in [0.29, 0.717) is 17.1 Å². The number of halogens is 2. The van der Waals surface area contributed by atoms with Crippen LogP contribution in [-0.4, -0.2) is 5.78 Å². The van der Waals surface area contributed by atoms with Crippen molar-refractivity contribution in [1.82, 2.24) is 0 Å². The predicted octanol–water partition coefficient (Wildman–Crippen LogP) is 6.08. The molecule has 0 saturated carbocycles. The summed E-state index contributed by atoms with van der Waals surface area (Å²) in [6.45, 7) is 7.73. The fourth-order valence-electron chi connectivity index (χ4n) is 2.01. The Morgan fingerprint density at radius 1 is 1.22 bits per heavy atom. The van der Waals surface area contributed by atoms with Crippen LogP contribution in [0.3, 0.4) is 0 Å². The van der Waals surface area contributed by atoms with Crippen LogP contribution in [0.1, 0.15) is 38.3 Å². The summed E-state index contributed by atoms with van der Waals surface area (Å²) in [7, 11) is 0. The fourth-order valence-corrected chi connectivity index (χ4v) is 2.22. The molecule has 23 heavy (non-hydrogen) atoms. The molecule has 0 saturated heterocycles. The summed E-state index contributed by atoms with van der Waals surface area (Å²) >= 11 is 6.00. The van der Waals surface area contributed by atoms with E-state index in [9.17, 15) is 9.18 Å². The van der Waals surface area contributed by atoms with Crippen molar-refractivity contribution in [2.24, 2.45) is 0 Å². The number of hydrogen-bond donors (Lipinski definition) is 1. The molecule has 0 aliphatic rings. The summed E-state index contributed by atoms with van der Waals surface area (Å²) in [5, 5.41) is 3.29. The number of para-hydroxylation sites is 1. The van der Waals surface area contributed by atoms with Crippen molar-refractivity contribution in [1.29, 1.82) is 0 Å². The first-order valence-corrected chi connectivity index (χ1v) is 8.06. The molecule has 1 N–H and O–H groups in total. The van der Waals surface area contributed by atoms with Gasteiger partial charge in [0.15, 0.2) is 0 Å². The number of Topliss-reactive ketones (excluding diaryl/α,β-unsaturated/α-hetero) is 1. The molecule has 2 aromatic rings. The number of benzene rings is 2. The SMILES string of the molecule is CC(=O)Cc1cc(C)ccc1Nc1c(F)cccc1Cl.CCC. The topological polar surface area (TPSA) is 29.1 Å². The zero-order valence-electron chi connectivity index (χ0n) is 14.0. The zero-order valence-corrected chi connectivity index (χ0v) is 14.8. The second kappa shape index (κ2) is 9.31. The molecule has 0 aliphatic heterocycles. The Morgan fingerprint density at radius 2 is 1.87 bits per heavy atom. The number of nitrogens with one attached hydrogen (secondary N) is 1. The lowest BCUT2D eigenvalue weighted by Crippen LogP contribution is -2.03. The van der Waals surface area contributed by atoms with Crippen LogP contribution in [0.25, 0.3) is 0 Å². The van der Waals surface area contributed by atoms with Crippen molar-refractivity contribution >= 4 is 28.8 Å². The first kappa shape index (κ1) is 19.2. The van der Waals surface area contributed by atoms with E-state index in [0.717, 1.165) is 11.1 Å². The first-order chi connectivity index (χ1) is 10.9. The van der Waals surface area contributed by atoms with Crippen molar-refractivity contribution in [3.05, 3.63) is 58.4 Å². The maximum Gasteiger partial charge on any atom is 0.148 e. The molecule has 0 aromatic heterocycles. The van der Waals surface area contributed by atoms with Crippen LogP contribution in [0.15, 0.2) is 36.4 Å². The molecule has 2 rings (SSSR count). The van der Waals surface area contributed by atoms with Gasteiger partial charge in [0.2, 0.25) is 0 Å². The molecule has 124 valence electrons. The Hall–Kier alpha value is -1.87. The van der Waals surface area contributed by atoms with Crippen LogP contribution < -0.4 is 5.32 Å². The van der Waals surface area contributed by atoms with Crippen LogP contribution in [-0.2, 0) is 11.2 Å². The Balaban J connectivity index is 0.000000816. The van der Waals surface area contributed by atoms with Crippen LogP contribution in [0.4, 0.5) is 15.8 Å². The third kappa shape index (κ3) is 6.03. The van der Waals surface area contributed by atoms with E-state index in [4.69, 9.17) is 11.6 Å². The molecule has 2 nitrogen and oxygen atoms in total. The average Bonchev–Trinajstić information content (AvgIpc) is 2.45. The number of aryl methyl sites for hydroxylation is 1. The van der Waals surface area contributed by atoms with Gasteiger partial charge in [-0.3, -0.25) is 4.79 Å². The summed E-state index contributed by atoms with van der Waals surface area (Å²) in [5.41, 5.74) is 2.80. The minimum Gasteiger partial charge on any atom is -0.352 e. The lowest BCUT2D eigenvalue weighted by molar-refractivity contribution is -0.116. The van der Waals surface area contributed by atoms with E-state index in [2.05, 4.69) is 19.2 Å². The number of rotatable bonds is 4. The van der Waals surface area contributed by atoms with Gasteiger partial charge in [0.25, 0.3) is 0 Å². The van der Waals surface area contributed by atoms with E-state index >= 15 is 0 Å². The third-order valence-corrected chi connectivity index (χ3v) is 3.24. The van der Waals surface area contributed by atoms with Gasteiger partial charge >= 0.3 is 0 Å². The van der Waals surface area contributed by atoms with E-state index in [-0.39, 0.29) is 11.5 Å². The van der Waals surface area contributed by atoms with Gasteiger partial charge in [-0.25, -0.2) is 4.39 Å². The highest BCUT2D eigenvalue weighted by Gasteiger charge is 2.11. The van der Waals surface area contributed by atoms with Gasteiger partial charge in [0.1, 0.15) is 11.6 Å². The molecule has 0 amide bonds. The minimum atomic E-state index is -0.424. The second-order valence-electron chi connectivity index (χ2n) is 5.47. The second-order valence-corrected chi connectivity index (χ2v) is 5.88. The van der Waals surface area contributed by atoms with Crippen LogP contribution in [0, 0.1) is 12.7 Å². The van der Waals surface area contributed by atoms with Crippen molar-refractivity contribution in [3.8, 4) is 0 Å². The van der Waals surface area contributed by atoms with Crippen molar-refractivity contribution < 1.29 is 9.18 Å². The Kier molecular flexibility index (Phi) is 7.76. The van der Waals surface area contributed by atoms with E-state index in [1.807, 2.05) is 25.1 Å². The lowest BCUT2D eigenvalue weighted by Gasteiger charge is -2.14. The molecule has 0 heterocycles. The maximum atomic E-state index is 13.8. The summed E-state index contributed by atoms with van der Waals surface area (Å²) in [6.07, 6.45) is 1.55. The Morgan fingerprint density at radius 3 is 2.43 bits per heavy atom. The fraction of sp³-hybridized carbons (Fsp3) is 0.316. The molecule has 0 spiro atoms. The zero-order chi connectivity index (χ0) is 17.4. The van der Waals surface area contributed by atoms with Gasteiger partial charge in [-0.1, -0.05) is 55.6 Å². The highest BCUT2D eigenvalue weighted by Crippen LogP contribution is 2.30. The monoisotopic (exact) mass is 335 g/mol. The molecule has 0 fully saturated rings. The molecular weight excluding hydrogens is 313 g/mol. The molecule has 0 atom stereocenters. The first-order valence-electron chi connectivity index (χ1n) is 7.69. The molecule has 4 heteroatoms. The third-order valence-electron chi connectivity index (χ3n) is 2.92. The lowest BCUT2D eigenvalue weighted by atomic mass is 10.0. The highest BCUT2D eigenvalue weighted by molar-refractivity contribution is 6.33. The number of hydrogen-bond acceptors (Lipinski definition) is 2. The van der Waals surface area contributed by atoms with Gasteiger partial charge in [-0.15, -0.1) is 0 Å². The summed E-state index contributed by atoms with van der Waals surface area (Å²) in [5.74, 6) is -0.370. The van der Waals surface area contributed by atoms with Crippen molar-refractivity contribution in [2.75, 3.05) is 5.32 Å². The number of anilines is 2. The number of ketones is 1. The quantitative estimate of drug-likeness (QED) is 0.733. The van der Waals surface area contributed by atoms with E-state index in [1.165, 1.54) is 19.4 Å². The van der Waals surface area contributed by atoms with Crippen molar-refractivity contribution in [3.63, 3.8) is 0 Å². The molecule has 0 radical (unpaired) electrons. The summed E-state index contributed by atoms with van der Waals surface area (Å²) < 4.78 is 13.8. The largest absolute Gasteiger partial charge is 0.352 e. The standard InChI is InChI=1S/C16H15ClFNO.C3H8/c1-10-6-7-15(12(8-10)9-11(2)20)19-16-13(17)4-3-5-14(16)18;1-3-2/h3-8,19H,9H2,1-2H3;3H2,1-2H3. The average molecular weight is 336 g/mol. The van der Waals surface area contributed by atoms with Crippen LogP contribution in [0.5, 0.6) is 0 Å². The molecule has 0 unspecified atom stereocenters. The van der Waals surface area contributed by atoms with Crippen LogP contribution >= 0.6 is 11.6 Å². The Labute approximate surface area is 142 Å². The normalized spacial score (nSPS) is 9.83. The van der Waals surface area contributed by atoms with Gasteiger partial charge in [0.05, 0.1) is 10.7 Å². The number of carbonyl (C=O) groups excluding carboxylic acids is 1. The summed E-state index contributed by atoms with van der Waals surface area (Å²) in [4.78, 5) is 11.3.